The third kappa shape index (κ3) is 5.95. The lowest BCUT2D eigenvalue weighted by Gasteiger charge is -2.34. The predicted octanol–water partition coefficient (Wildman–Crippen LogP) is 3.13. The summed E-state index contributed by atoms with van der Waals surface area (Å²) in [6.07, 6.45) is 0. The molecule has 1 fully saturated rings. The molecule has 29 heavy (non-hydrogen) atoms. The van der Waals surface area contributed by atoms with Crippen LogP contribution in [-0.2, 0) is 4.79 Å². The number of carbonyl (C=O) groups is 2. The van der Waals surface area contributed by atoms with Crippen molar-refractivity contribution in [1.29, 1.82) is 0 Å². The Bertz CT molecular complexity index is 816. The molecule has 8 heteroatoms. The molecule has 0 bridgehead atoms. The van der Waals surface area contributed by atoms with E-state index in [2.05, 4.69) is 10.2 Å². The van der Waals surface area contributed by atoms with Crippen LogP contribution < -0.4 is 10.1 Å². The molecule has 0 saturated carbocycles. The van der Waals surface area contributed by atoms with Gasteiger partial charge in [0.25, 0.3) is 11.8 Å². The predicted molar refractivity (Wildman–Crippen MR) is 116 cm³/mol. The van der Waals surface area contributed by atoms with Gasteiger partial charge in [-0.15, -0.1) is 0 Å². The van der Waals surface area contributed by atoms with Gasteiger partial charge in [-0.3, -0.25) is 14.5 Å². The molecule has 1 aliphatic rings. The van der Waals surface area contributed by atoms with E-state index in [1.54, 1.807) is 38.1 Å². The Morgan fingerprint density at radius 3 is 2.45 bits per heavy atom. The van der Waals surface area contributed by atoms with E-state index < -0.39 is 5.60 Å². The average molecular weight is 436 g/mol. The van der Waals surface area contributed by atoms with Crippen LogP contribution in [0.2, 0.25) is 5.02 Å². The van der Waals surface area contributed by atoms with E-state index in [1.807, 2.05) is 21.7 Å². The summed E-state index contributed by atoms with van der Waals surface area (Å²) in [4.78, 5) is 29.0. The number of ether oxygens (including phenoxy) is 1. The molecule has 2 aromatic rings. The Labute approximate surface area is 180 Å². The van der Waals surface area contributed by atoms with Gasteiger partial charge in [0.15, 0.2) is 5.60 Å². The maximum Gasteiger partial charge on any atom is 0.263 e. The van der Waals surface area contributed by atoms with Crippen LogP contribution in [0.3, 0.4) is 0 Å². The third-order valence-corrected chi connectivity index (χ3v) is 5.81. The Balaban J connectivity index is 1.39. The van der Waals surface area contributed by atoms with Crippen molar-refractivity contribution < 1.29 is 14.3 Å². The van der Waals surface area contributed by atoms with Crippen LogP contribution >= 0.6 is 22.9 Å². The third-order valence-electron chi connectivity index (χ3n) is 4.87. The maximum absolute atomic E-state index is 12.5. The Morgan fingerprint density at radius 1 is 1.14 bits per heavy atom. The number of carbonyl (C=O) groups excluding carboxylic acids is 2. The van der Waals surface area contributed by atoms with Crippen LogP contribution in [0.5, 0.6) is 5.75 Å². The fourth-order valence-electron chi connectivity index (χ4n) is 3.13. The van der Waals surface area contributed by atoms with Gasteiger partial charge in [-0.25, -0.2) is 0 Å². The first kappa shape index (κ1) is 21.6. The van der Waals surface area contributed by atoms with Crippen molar-refractivity contribution in [2.75, 3.05) is 39.3 Å². The summed E-state index contributed by atoms with van der Waals surface area (Å²) in [6.45, 7) is 7.76. The zero-order chi connectivity index (χ0) is 20.9. The van der Waals surface area contributed by atoms with Crippen LogP contribution in [0, 0.1) is 0 Å². The summed E-state index contributed by atoms with van der Waals surface area (Å²) < 4.78 is 5.81. The van der Waals surface area contributed by atoms with E-state index in [0.717, 1.165) is 25.2 Å². The van der Waals surface area contributed by atoms with Gasteiger partial charge >= 0.3 is 0 Å². The minimum atomic E-state index is -0.987. The van der Waals surface area contributed by atoms with E-state index in [9.17, 15) is 9.59 Å². The highest BCUT2D eigenvalue weighted by molar-refractivity contribution is 7.08. The van der Waals surface area contributed by atoms with Gasteiger partial charge in [-0.1, -0.05) is 11.6 Å². The summed E-state index contributed by atoms with van der Waals surface area (Å²) in [5.41, 5.74) is -0.224. The smallest absolute Gasteiger partial charge is 0.263 e. The highest BCUT2D eigenvalue weighted by atomic mass is 35.5. The molecule has 0 unspecified atom stereocenters. The first-order valence-electron chi connectivity index (χ1n) is 9.62. The topological polar surface area (TPSA) is 61.9 Å². The molecule has 2 heterocycles. The fourth-order valence-corrected chi connectivity index (χ4v) is 3.88. The number of nitrogens with one attached hydrogen (secondary N) is 1. The van der Waals surface area contributed by atoms with Crippen molar-refractivity contribution in [3.05, 3.63) is 51.7 Å². The second kappa shape index (κ2) is 9.61. The van der Waals surface area contributed by atoms with Crippen molar-refractivity contribution in [2.24, 2.45) is 0 Å². The quantitative estimate of drug-likeness (QED) is 0.725. The first-order chi connectivity index (χ1) is 13.8. The Morgan fingerprint density at radius 2 is 1.83 bits per heavy atom. The number of rotatable bonds is 7. The van der Waals surface area contributed by atoms with Crippen molar-refractivity contribution in [2.45, 2.75) is 19.4 Å². The van der Waals surface area contributed by atoms with Crippen LogP contribution in [0.25, 0.3) is 0 Å². The zero-order valence-corrected chi connectivity index (χ0v) is 18.3. The molecule has 0 aliphatic carbocycles. The van der Waals surface area contributed by atoms with Crippen LogP contribution in [0.15, 0.2) is 41.1 Å². The Kier molecular flexibility index (Phi) is 7.16. The van der Waals surface area contributed by atoms with Crippen molar-refractivity contribution in [1.82, 2.24) is 15.1 Å². The molecule has 2 amide bonds. The van der Waals surface area contributed by atoms with E-state index in [0.29, 0.717) is 30.4 Å². The molecule has 156 valence electrons. The molecule has 1 N–H and O–H groups in total. The van der Waals surface area contributed by atoms with Crippen LogP contribution in [-0.4, -0.2) is 66.5 Å². The minimum absolute atomic E-state index is 0.0975. The number of piperazine rings is 1. The lowest BCUT2D eigenvalue weighted by molar-refractivity contribution is -0.134. The highest BCUT2D eigenvalue weighted by Crippen LogP contribution is 2.21. The van der Waals surface area contributed by atoms with Crippen molar-refractivity contribution in [3.63, 3.8) is 0 Å². The van der Waals surface area contributed by atoms with Gasteiger partial charge in [0.1, 0.15) is 5.75 Å². The van der Waals surface area contributed by atoms with Crippen LogP contribution in [0.4, 0.5) is 0 Å². The highest BCUT2D eigenvalue weighted by Gasteiger charge is 2.30. The number of thiophene rings is 1. The molecular weight excluding hydrogens is 410 g/mol. The van der Waals surface area contributed by atoms with Gasteiger partial charge in [0.05, 0.1) is 5.56 Å². The summed E-state index contributed by atoms with van der Waals surface area (Å²) >= 11 is 7.41. The normalized spacial score (nSPS) is 15.2. The SMILES string of the molecule is CC(C)(Oc1ccc(Cl)cc1)C(=O)NCCN1CCN(C(=O)c2ccsc2)CC1. The molecular formula is C21H26ClN3O3S. The molecule has 1 saturated heterocycles. The summed E-state index contributed by atoms with van der Waals surface area (Å²) in [5, 5.41) is 7.38. The van der Waals surface area contributed by atoms with E-state index in [-0.39, 0.29) is 11.8 Å². The Hall–Kier alpha value is -2.09. The van der Waals surface area contributed by atoms with Gasteiger partial charge in [-0.2, -0.15) is 11.3 Å². The lowest BCUT2D eigenvalue weighted by Crippen LogP contribution is -2.52. The number of hydrogen-bond acceptors (Lipinski definition) is 5. The van der Waals surface area contributed by atoms with E-state index in [1.165, 1.54) is 11.3 Å². The molecule has 3 rings (SSSR count). The second-order valence-electron chi connectivity index (χ2n) is 7.47. The molecule has 1 aromatic carbocycles. The van der Waals surface area contributed by atoms with Gasteiger partial charge in [-0.05, 0) is 49.6 Å². The van der Waals surface area contributed by atoms with E-state index >= 15 is 0 Å². The molecule has 1 aliphatic heterocycles. The molecule has 0 atom stereocenters. The standard InChI is InChI=1S/C21H26ClN3O3S/c1-21(2,28-18-5-3-17(22)4-6-18)20(27)23-8-9-24-10-12-25(13-11-24)19(26)16-7-14-29-15-16/h3-7,14-15H,8-13H2,1-2H3,(H,23,27). The summed E-state index contributed by atoms with van der Waals surface area (Å²) in [7, 11) is 0. The molecule has 1 aromatic heterocycles. The number of nitrogens with zero attached hydrogens (tertiary/aromatic N) is 2. The minimum Gasteiger partial charge on any atom is -0.478 e. The monoisotopic (exact) mass is 435 g/mol. The molecule has 0 spiro atoms. The lowest BCUT2D eigenvalue weighted by atomic mass is 10.1. The second-order valence-corrected chi connectivity index (χ2v) is 8.68. The van der Waals surface area contributed by atoms with Crippen molar-refractivity contribution in [3.8, 4) is 5.75 Å². The van der Waals surface area contributed by atoms with Gasteiger partial charge in [0, 0.05) is 49.7 Å². The zero-order valence-electron chi connectivity index (χ0n) is 16.7. The van der Waals surface area contributed by atoms with Gasteiger partial charge in [0.2, 0.25) is 0 Å². The maximum atomic E-state index is 12.5. The average Bonchev–Trinajstić information content (AvgIpc) is 3.24. The van der Waals surface area contributed by atoms with Crippen molar-refractivity contribution >= 4 is 34.8 Å². The first-order valence-corrected chi connectivity index (χ1v) is 10.9. The van der Waals surface area contributed by atoms with Gasteiger partial charge < -0.3 is 15.0 Å². The van der Waals surface area contributed by atoms with Crippen LogP contribution in [0.1, 0.15) is 24.2 Å². The summed E-state index contributed by atoms with van der Waals surface area (Å²) in [6, 6.07) is 8.81. The fraction of sp³-hybridized carbons (Fsp3) is 0.429. The number of halogens is 1. The largest absolute Gasteiger partial charge is 0.478 e. The summed E-state index contributed by atoms with van der Waals surface area (Å²) in [5.74, 6) is 0.528. The molecule has 0 radical (unpaired) electrons. The van der Waals surface area contributed by atoms with E-state index in [4.69, 9.17) is 16.3 Å². The number of amides is 2. The number of hydrogen-bond donors (Lipinski definition) is 1. The molecule has 6 nitrogen and oxygen atoms in total. The number of benzene rings is 1.